The molecule has 8 heteroatoms. The fourth-order valence-corrected chi connectivity index (χ4v) is 2.77. The minimum atomic E-state index is -0.0823. The minimum absolute atomic E-state index is 0.0823. The number of hydrogen-bond donors (Lipinski definition) is 1. The summed E-state index contributed by atoms with van der Waals surface area (Å²) in [5, 5.41) is 4.27. The van der Waals surface area contributed by atoms with Crippen LogP contribution < -0.4 is 5.73 Å². The van der Waals surface area contributed by atoms with E-state index in [1.165, 1.54) is 4.52 Å². The number of pyridine rings is 1. The zero-order chi connectivity index (χ0) is 16.5. The number of aromatic nitrogens is 4. The second-order valence-electron chi connectivity index (χ2n) is 5.49. The average Bonchev–Trinajstić information content (AvgIpc) is 2.97. The molecule has 122 valence electrons. The predicted molar refractivity (Wildman–Crippen MR) is 87.4 cm³/mol. The van der Waals surface area contributed by atoms with Gasteiger partial charge in [-0.3, -0.25) is 9.78 Å². The molecular formula is C16H16N6O2. The highest BCUT2D eigenvalue weighted by Crippen LogP contribution is 2.27. The summed E-state index contributed by atoms with van der Waals surface area (Å²) in [4.78, 5) is 23.0. The van der Waals surface area contributed by atoms with Gasteiger partial charge in [-0.2, -0.15) is 0 Å². The molecule has 1 saturated heterocycles. The van der Waals surface area contributed by atoms with Gasteiger partial charge in [0.25, 0.3) is 5.91 Å². The van der Waals surface area contributed by atoms with E-state index in [0.717, 1.165) is 0 Å². The Morgan fingerprint density at radius 2 is 2.04 bits per heavy atom. The number of rotatable bonds is 2. The Hall–Kier alpha value is -3.00. The molecule has 0 aromatic carbocycles. The Bertz CT molecular complexity index is 886. The van der Waals surface area contributed by atoms with Gasteiger partial charge < -0.3 is 15.4 Å². The highest BCUT2D eigenvalue weighted by molar-refractivity contribution is 5.94. The summed E-state index contributed by atoms with van der Waals surface area (Å²) in [6.07, 6.45) is 4.90. The first-order valence-corrected chi connectivity index (χ1v) is 7.66. The highest BCUT2D eigenvalue weighted by Gasteiger charge is 2.21. The van der Waals surface area contributed by atoms with E-state index in [9.17, 15) is 4.79 Å². The van der Waals surface area contributed by atoms with Crippen molar-refractivity contribution in [3.8, 4) is 11.3 Å². The Morgan fingerprint density at radius 1 is 1.21 bits per heavy atom. The van der Waals surface area contributed by atoms with Crippen LogP contribution in [0.3, 0.4) is 0 Å². The van der Waals surface area contributed by atoms with Gasteiger partial charge in [0, 0.05) is 31.7 Å². The third kappa shape index (κ3) is 2.46. The fraction of sp³-hybridized carbons (Fsp3) is 0.250. The minimum Gasteiger partial charge on any atom is -0.382 e. The van der Waals surface area contributed by atoms with E-state index in [1.807, 2.05) is 18.2 Å². The lowest BCUT2D eigenvalue weighted by Gasteiger charge is -2.26. The molecule has 4 heterocycles. The second-order valence-corrected chi connectivity index (χ2v) is 5.49. The number of fused-ring (bicyclic) bond motifs is 1. The van der Waals surface area contributed by atoms with Gasteiger partial charge in [-0.05, 0) is 12.1 Å². The third-order valence-corrected chi connectivity index (χ3v) is 3.97. The van der Waals surface area contributed by atoms with E-state index >= 15 is 0 Å². The van der Waals surface area contributed by atoms with Gasteiger partial charge in [0.2, 0.25) is 0 Å². The van der Waals surface area contributed by atoms with Crippen molar-refractivity contribution in [1.29, 1.82) is 0 Å². The quantitative estimate of drug-likeness (QED) is 0.750. The molecule has 0 radical (unpaired) electrons. The molecule has 1 fully saturated rings. The number of carbonyl (C=O) groups excluding carboxylic acids is 1. The Balaban J connectivity index is 1.73. The monoisotopic (exact) mass is 324 g/mol. The first-order chi connectivity index (χ1) is 11.7. The largest absolute Gasteiger partial charge is 0.382 e. The normalized spacial score (nSPS) is 14.9. The van der Waals surface area contributed by atoms with E-state index in [4.69, 9.17) is 10.5 Å². The Morgan fingerprint density at radius 3 is 2.79 bits per heavy atom. The average molecular weight is 324 g/mol. The van der Waals surface area contributed by atoms with Crippen molar-refractivity contribution in [1.82, 2.24) is 24.5 Å². The van der Waals surface area contributed by atoms with Crippen molar-refractivity contribution in [3.63, 3.8) is 0 Å². The molecular weight excluding hydrogens is 308 g/mol. The van der Waals surface area contributed by atoms with Crippen LogP contribution in [0.1, 0.15) is 10.4 Å². The molecule has 0 saturated carbocycles. The fourth-order valence-electron chi connectivity index (χ4n) is 2.77. The summed E-state index contributed by atoms with van der Waals surface area (Å²) in [5.41, 5.74) is 8.44. The molecule has 0 unspecified atom stereocenters. The van der Waals surface area contributed by atoms with E-state index in [-0.39, 0.29) is 5.91 Å². The maximum atomic E-state index is 12.6. The number of nitrogens with zero attached hydrogens (tertiary/aromatic N) is 5. The maximum absolute atomic E-state index is 12.6. The molecule has 3 aromatic heterocycles. The topological polar surface area (TPSA) is 98.6 Å². The van der Waals surface area contributed by atoms with Crippen LogP contribution in [0, 0.1) is 0 Å². The molecule has 4 rings (SSSR count). The molecule has 1 aliphatic rings. The van der Waals surface area contributed by atoms with Crippen molar-refractivity contribution in [2.24, 2.45) is 0 Å². The van der Waals surface area contributed by atoms with Crippen LogP contribution in [0.5, 0.6) is 0 Å². The van der Waals surface area contributed by atoms with Crippen LogP contribution in [0.2, 0.25) is 0 Å². The van der Waals surface area contributed by atoms with Crippen LogP contribution >= 0.6 is 0 Å². The molecule has 1 amide bonds. The lowest BCUT2D eigenvalue weighted by atomic mass is 10.2. The van der Waals surface area contributed by atoms with Crippen molar-refractivity contribution in [2.45, 2.75) is 0 Å². The van der Waals surface area contributed by atoms with Gasteiger partial charge in [-0.15, -0.1) is 5.10 Å². The van der Waals surface area contributed by atoms with Gasteiger partial charge >= 0.3 is 0 Å². The van der Waals surface area contributed by atoms with Crippen LogP contribution in [0.4, 0.5) is 5.82 Å². The summed E-state index contributed by atoms with van der Waals surface area (Å²) >= 11 is 0. The summed E-state index contributed by atoms with van der Waals surface area (Å²) in [6.45, 7) is 2.27. The molecule has 2 N–H and O–H groups in total. The van der Waals surface area contributed by atoms with Crippen molar-refractivity contribution >= 4 is 17.4 Å². The number of amides is 1. The summed E-state index contributed by atoms with van der Waals surface area (Å²) < 4.78 is 6.81. The standard InChI is InChI=1S/C16H16N6O2/c17-14-13(12-3-1-2-4-18-12)15-19-9-11(10-22(15)20-14)16(23)21-5-7-24-8-6-21/h1-4,9-10H,5-8H2,(H2,17,20). The first kappa shape index (κ1) is 14.6. The predicted octanol–water partition coefficient (Wildman–Crippen LogP) is 0.846. The molecule has 8 nitrogen and oxygen atoms in total. The Kier molecular flexibility index (Phi) is 3.58. The van der Waals surface area contributed by atoms with Crippen LogP contribution in [-0.4, -0.2) is 56.7 Å². The third-order valence-electron chi connectivity index (χ3n) is 3.97. The van der Waals surface area contributed by atoms with E-state index in [0.29, 0.717) is 54.6 Å². The number of ether oxygens (including phenoxy) is 1. The van der Waals surface area contributed by atoms with Gasteiger partial charge in [-0.1, -0.05) is 6.07 Å². The van der Waals surface area contributed by atoms with E-state index in [2.05, 4.69) is 15.1 Å². The zero-order valence-corrected chi connectivity index (χ0v) is 12.9. The smallest absolute Gasteiger partial charge is 0.257 e. The summed E-state index contributed by atoms with van der Waals surface area (Å²) in [7, 11) is 0. The molecule has 1 aliphatic heterocycles. The number of nitrogens with two attached hydrogens (primary N) is 1. The van der Waals surface area contributed by atoms with Gasteiger partial charge in [-0.25, -0.2) is 9.50 Å². The zero-order valence-electron chi connectivity index (χ0n) is 12.9. The van der Waals surface area contributed by atoms with Crippen molar-refractivity contribution in [3.05, 3.63) is 42.4 Å². The number of carbonyl (C=O) groups is 1. The van der Waals surface area contributed by atoms with E-state index in [1.54, 1.807) is 23.5 Å². The van der Waals surface area contributed by atoms with Crippen molar-refractivity contribution in [2.75, 3.05) is 32.0 Å². The SMILES string of the molecule is Nc1nn2cc(C(=O)N3CCOCC3)cnc2c1-c1ccccn1. The van der Waals surface area contributed by atoms with E-state index < -0.39 is 0 Å². The molecule has 3 aromatic rings. The molecule has 24 heavy (non-hydrogen) atoms. The maximum Gasteiger partial charge on any atom is 0.257 e. The first-order valence-electron chi connectivity index (χ1n) is 7.66. The summed E-state index contributed by atoms with van der Waals surface area (Å²) in [6, 6.07) is 5.56. The van der Waals surface area contributed by atoms with Crippen LogP contribution in [0.25, 0.3) is 16.9 Å². The molecule has 0 bridgehead atoms. The van der Waals surface area contributed by atoms with Crippen molar-refractivity contribution < 1.29 is 9.53 Å². The molecule has 0 spiro atoms. The molecule has 0 atom stereocenters. The number of anilines is 1. The van der Waals surface area contributed by atoms with Crippen LogP contribution in [-0.2, 0) is 4.74 Å². The Labute approximate surface area is 137 Å². The molecule has 0 aliphatic carbocycles. The van der Waals surface area contributed by atoms with Gasteiger partial charge in [0.1, 0.15) is 0 Å². The van der Waals surface area contributed by atoms with Gasteiger partial charge in [0.15, 0.2) is 11.5 Å². The van der Waals surface area contributed by atoms with Gasteiger partial charge in [0.05, 0.1) is 30.0 Å². The highest BCUT2D eigenvalue weighted by atomic mass is 16.5. The number of hydrogen-bond acceptors (Lipinski definition) is 6. The number of nitrogen functional groups attached to an aromatic ring is 1. The lowest BCUT2D eigenvalue weighted by Crippen LogP contribution is -2.40. The second kappa shape index (κ2) is 5.89. The number of morpholine rings is 1. The lowest BCUT2D eigenvalue weighted by molar-refractivity contribution is 0.0302. The van der Waals surface area contributed by atoms with Crippen LogP contribution in [0.15, 0.2) is 36.8 Å². The summed E-state index contributed by atoms with van der Waals surface area (Å²) in [5.74, 6) is 0.248.